The van der Waals surface area contributed by atoms with Gasteiger partial charge in [-0.2, -0.15) is 0 Å². The van der Waals surface area contributed by atoms with Gasteiger partial charge in [0.15, 0.2) is 21.9 Å². The zero-order chi connectivity index (χ0) is 12.4. The molecule has 0 aliphatic carbocycles. The molecule has 2 rings (SSSR count). The molecule has 88 valence electrons. The van der Waals surface area contributed by atoms with Crippen molar-refractivity contribution in [2.75, 3.05) is 5.32 Å². The molecule has 2 aromatic rings. The Kier molecular flexibility index (Phi) is 3.40. The van der Waals surface area contributed by atoms with E-state index in [2.05, 4.69) is 15.5 Å². The summed E-state index contributed by atoms with van der Waals surface area (Å²) in [5.74, 6) is -1.88. The number of nitrogens with zero attached hydrogens (tertiary/aromatic N) is 2. The molecule has 0 aliphatic rings. The lowest BCUT2D eigenvalue weighted by molar-refractivity contribution is 0.509. The molecule has 0 fully saturated rings. The summed E-state index contributed by atoms with van der Waals surface area (Å²) in [6, 6.07) is 4.79. The third-order valence-corrected chi connectivity index (χ3v) is 2.38. The van der Waals surface area contributed by atoms with Crippen molar-refractivity contribution in [2.24, 2.45) is 0 Å². The van der Waals surface area contributed by atoms with Crippen molar-refractivity contribution in [2.45, 2.75) is 0 Å². The van der Waals surface area contributed by atoms with E-state index in [0.29, 0.717) is 11.4 Å². The molecule has 1 heterocycles. The second-order valence-electron chi connectivity index (χ2n) is 3.13. The van der Waals surface area contributed by atoms with Crippen LogP contribution in [0.2, 0.25) is 10.3 Å². The molecule has 0 aliphatic heterocycles. The molecule has 1 aromatic carbocycles. The third-order valence-electron chi connectivity index (χ3n) is 1.92. The summed E-state index contributed by atoms with van der Waals surface area (Å²) in [6.45, 7) is 0. The van der Waals surface area contributed by atoms with Crippen molar-refractivity contribution in [1.82, 2.24) is 10.2 Å². The highest BCUT2D eigenvalue weighted by Gasteiger charge is 2.07. The molecule has 0 spiro atoms. The standard InChI is InChI=1S/C10H5Cl2F2N3/c11-9-4-8(10(12)17-16-9)15-5-1-2-6(13)7(14)3-5/h1-4H,(H,15,16). The van der Waals surface area contributed by atoms with Gasteiger partial charge in [0.2, 0.25) is 0 Å². The molecule has 0 saturated carbocycles. The fourth-order valence-electron chi connectivity index (χ4n) is 1.17. The van der Waals surface area contributed by atoms with E-state index in [1.165, 1.54) is 12.1 Å². The van der Waals surface area contributed by atoms with Crippen molar-refractivity contribution in [3.63, 3.8) is 0 Å². The zero-order valence-electron chi connectivity index (χ0n) is 8.22. The number of halogens is 4. The van der Waals surface area contributed by atoms with Gasteiger partial charge in [0.25, 0.3) is 0 Å². The smallest absolute Gasteiger partial charge is 0.175 e. The van der Waals surface area contributed by atoms with Gasteiger partial charge >= 0.3 is 0 Å². The highest BCUT2D eigenvalue weighted by molar-refractivity contribution is 6.33. The second-order valence-corrected chi connectivity index (χ2v) is 3.87. The summed E-state index contributed by atoms with van der Waals surface area (Å²) in [4.78, 5) is 0. The molecule has 0 radical (unpaired) electrons. The van der Waals surface area contributed by atoms with Crippen LogP contribution in [0.5, 0.6) is 0 Å². The van der Waals surface area contributed by atoms with Gasteiger partial charge in [-0.1, -0.05) is 23.2 Å². The number of hydrogen-bond donors (Lipinski definition) is 1. The first-order valence-electron chi connectivity index (χ1n) is 4.47. The average Bonchev–Trinajstić information content (AvgIpc) is 2.29. The van der Waals surface area contributed by atoms with E-state index in [-0.39, 0.29) is 10.3 Å². The quantitative estimate of drug-likeness (QED) is 0.906. The molecule has 3 nitrogen and oxygen atoms in total. The maximum absolute atomic E-state index is 13.0. The highest BCUT2D eigenvalue weighted by atomic mass is 35.5. The summed E-state index contributed by atoms with van der Waals surface area (Å²) in [5, 5.41) is 10.1. The molecule has 7 heteroatoms. The molecule has 0 unspecified atom stereocenters. The first-order valence-corrected chi connectivity index (χ1v) is 5.22. The summed E-state index contributed by atoms with van der Waals surface area (Å²) in [6.07, 6.45) is 0. The summed E-state index contributed by atoms with van der Waals surface area (Å²) >= 11 is 11.4. The Morgan fingerprint density at radius 3 is 2.47 bits per heavy atom. The van der Waals surface area contributed by atoms with E-state index in [1.807, 2.05) is 0 Å². The van der Waals surface area contributed by atoms with Crippen molar-refractivity contribution in [3.05, 3.63) is 46.2 Å². The number of aromatic nitrogens is 2. The molecule has 0 saturated heterocycles. The lowest BCUT2D eigenvalue weighted by Gasteiger charge is -2.07. The van der Waals surface area contributed by atoms with Crippen LogP contribution in [-0.2, 0) is 0 Å². The minimum absolute atomic E-state index is 0.0825. The van der Waals surface area contributed by atoms with Crippen molar-refractivity contribution in [3.8, 4) is 0 Å². The minimum atomic E-state index is -0.959. The van der Waals surface area contributed by atoms with E-state index in [9.17, 15) is 8.78 Å². The van der Waals surface area contributed by atoms with Crippen LogP contribution < -0.4 is 5.32 Å². The number of anilines is 2. The topological polar surface area (TPSA) is 37.8 Å². The van der Waals surface area contributed by atoms with Crippen LogP contribution in [0.15, 0.2) is 24.3 Å². The van der Waals surface area contributed by atoms with Crippen LogP contribution in [0.4, 0.5) is 20.2 Å². The third kappa shape index (κ3) is 2.81. The molecule has 1 aromatic heterocycles. The number of rotatable bonds is 2. The molecular weight excluding hydrogens is 271 g/mol. The summed E-state index contributed by atoms with van der Waals surface area (Å²) in [7, 11) is 0. The SMILES string of the molecule is Fc1ccc(Nc2cc(Cl)nnc2Cl)cc1F. The first kappa shape index (κ1) is 12.0. The van der Waals surface area contributed by atoms with E-state index in [0.717, 1.165) is 12.1 Å². The van der Waals surface area contributed by atoms with Crippen LogP contribution in [0.1, 0.15) is 0 Å². The molecule has 0 amide bonds. The Morgan fingerprint density at radius 1 is 1.00 bits per heavy atom. The largest absolute Gasteiger partial charge is 0.353 e. The number of nitrogens with one attached hydrogen (secondary N) is 1. The monoisotopic (exact) mass is 275 g/mol. The van der Waals surface area contributed by atoms with Gasteiger partial charge in [-0.3, -0.25) is 0 Å². The predicted octanol–water partition coefficient (Wildman–Crippen LogP) is 3.81. The lowest BCUT2D eigenvalue weighted by Crippen LogP contribution is -1.96. The maximum Gasteiger partial charge on any atom is 0.175 e. The first-order chi connectivity index (χ1) is 8.06. The second kappa shape index (κ2) is 4.81. The van der Waals surface area contributed by atoms with Crippen LogP contribution in [0.3, 0.4) is 0 Å². The molecule has 0 bridgehead atoms. The number of benzene rings is 1. The van der Waals surface area contributed by atoms with Gasteiger partial charge in [0, 0.05) is 17.8 Å². The fourth-order valence-corrected chi connectivity index (χ4v) is 1.46. The van der Waals surface area contributed by atoms with E-state index < -0.39 is 11.6 Å². The van der Waals surface area contributed by atoms with Crippen LogP contribution in [0, 0.1) is 11.6 Å². The molecule has 1 N–H and O–H groups in total. The van der Waals surface area contributed by atoms with E-state index in [1.54, 1.807) is 0 Å². The van der Waals surface area contributed by atoms with Crippen molar-refractivity contribution >= 4 is 34.6 Å². The van der Waals surface area contributed by atoms with Crippen molar-refractivity contribution < 1.29 is 8.78 Å². The van der Waals surface area contributed by atoms with Gasteiger partial charge in [0.05, 0.1) is 5.69 Å². The van der Waals surface area contributed by atoms with Gasteiger partial charge in [-0.15, -0.1) is 10.2 Å². The molecular formula is C10H5Cl2F2N3. The average molecular weight is 276 g/mol. The molecule has 0 atom stereocenters. The Bertz CT molecular complexity index is 563. The Morgan fingerprint density at radius 2 is 1.76 bits per heavy atom. The van der Waals surface area contributed by atoms with Crippen LogP contribution in [0.25, 0.3) is 0 Å². The van der Waals surface area contributed by atoms with Crippen molar-refractivity contribution in [1.29, 1.82) is 0 Å². The Labute approximate surface area is 105 Å². The van der Waals surface area contributed by atoms with Crippen LogP contribution in [-0.4, -0.2) is 10.2 Å². The highest BCUT2D eigenvalue weighted by Crippen LogP contribution is 2.25. The van der Waals surface area contributed by atoms with E-state index >= 15 is 0 Å². The number of hydrogen-bond acceptors (Lipinski definition) is 3. The minimum Gasteiger partial charge on any atom is -0.353 e. The predicted molar refractivity (Wildman–Crippen MR) is 61.7 cm³/mol. The van der Waals surface area contributed by atoms with Crippen LogP contribution >= 0.6 is 23.2 Å². The van der Waals surface area contributed by atoms with Gasteiger partial charge < -0.3 is 5.32 Å². The van der Waals surface area contributed by atoms with Gasteiger partial charge in [-0.25, -0.2) is 8.78 Å². The summed E-state index contributed by atoms with van der Waals surface area (Å²) in [5.41, 5.74) is 0.688. The summed E-state index contributed by atoms with van der Waals surface area (Å²) < 4.78 is 25.7. The Hall–Kier alpha value is -1.46. The lowest BCUT2D eigenvalue weighted by atomic mass is 10.3. The Balaban J connectivity index is 2.31. The molecule has 17 heavy (non-hydrogen) atoms. The normalized spacial score (nSPS) is 10.4. The van der Waals surface area contributed by atoms with Gasteiger partial charge in [-0.05, 0) is 12.1 Å². The fraction of sp³-hybridized carbons (Fsp3) is 0. The maximum atomic E-state index is 13.0. The van der Waals surface area contributed by atoms with Gasteiger partial charge in [0.1, 0.15) is 0 Å². The van der Waals surface area contributed by atoms with E-state index in [4.69, 9.17) is 23.2 Å². The zero-order valence-corrected chi connectivity index (χ0v) is 9.73.